The van der Waals surface area contributed by atoms with Crippen molar-refractivity contribution in [3.63, 3.8) is 0 Å². The molecule has 0 spiro atoms. The normalized spacial score (nSPS) is 9.23. The fourth-order valence-corrected chi connectivity index (χ4v) is 1.35. The maximum absolute atomic E-state index is 10.6. The molecule has 0 aliphatic heterocycles. The van der Waals surface area contributed by atoms with E-state index in [2.05, 4.69) is 0 Å². The summed E-state index contributed by atoms with van der Waals surface area (Å²) in [5.41, 5.74) is 0.758. The number of carbonyl (C=O) groups is 1. The number of carbonyl (C=O) groups excluding carboxylic acids is 1. The van der Waals surface area contributed by atoms with Crippen LogP contribution in [0.1, 0.15) is 10.4 Å². The zero-order chi connectivity index (χ0) is 8.39. The fraction of sp³-hybridized carbons (Fsp3) is 0. The van der Waals surface area contributed by atoms with E-state index in [0.29, 0.717) is 0 Å². The van der Waals surface area contributed by atoms with Crippen molar-refractivity contribution in [2.75, 3.05) is 0 Å². The van der Waals surface area contributed by atoms with Gasteiger partial charge in [0.25, 0.3) is 0 Å². The second kappa shape index (κ2) is 5.03. The van der Waals surface area contributed by atoms with Crippen LogP contribution in [0.4, 0.5) is 0 Å². The number of fused-ring (bicyclic) bond motifs is 1. The molecule has 0 N–H and O–H groups in total. The summed E-state index contributed by atoms with van der Waals surface area (Å²) in [5.74, 6) is 0. The summed E-state index contributed by atoms with van der Waals surface area (Å²) in [5, 5.41) is 2.14. The van der Waals surface area contributed by atoms with Gasteiger partial charge in [0.1, 0.15) is 0 Å². The minimum absolute atomic E-state index is 0. The second-order valence-corrected chi connectivity index (χ2v) is 2.69. The third-order valence-corrected chi connectivity index (χ3v) is 1.95. The van der Waals surface area contributed by atoms with Gasteiger partial charge in [-0.2, -0.15) is 0 Å². The molecule has 2 heteroatoms. The van der Waals surface area contributed by atoms with Crippen LogP contribution < -0.4 is 0 Å². The molecule has 2 aromatic carbocycles. The van der Waals surface area contributed by atoms with Crippen LogP contribution in [0, 0.1) is 0 Å². The number of benzene rings is 2. The van der Waals surface area contributed by atoms with Crippen LogP contribution in [0.5, 0.6) is 0 Å². The summed E-state index contributed by atoms with van der Waals surface area (Å²) < 4.78 is 0. The van der Waals surface area contributed by atoms with Crippen LogP contribution in [-0.4, -0.2) is 57.7 Å². The minimum atomic E-state index is 0. The van der Waals surface area contributed by atoms with Gasteiger partial charge in [0.05, 0.1) is 0 Å². The molecule has 0 heterocycles. The molecule has 1 radical (unpaired) electrons. The minimum Gasteiger partial charge on any atom is -0.298 e. The first kappa shape index (κ1) is 11.1. The number of hydrogen-bond acceptors (Lipinski definition) is 1. The molecule has 0 fully saturated rings. The Bertz CT molecular complexity index is 418. The average Bonchev–Trinajstić information content (AvgIpc) is 2.17. The Kier molecular flexibility index (Phi) is 4.29. The fourth-order valence-electron chi connectivity index (χ4n) is 1.35. The monoisotopic (exact) mass is 195 g/mol. The predicted molar refractivity (Wildman–Crippen MR) is 55.1 cm³/mol. The van der Waals surface area contributed by atoms with Gasteiger partial charge >= 0.3 is 0 Å². The molecule has 0 aliphatic rings. The first-order chi connectivity index (χ1) is 5.92. The first-order valence-corrected chi connectivity index (χ1v) is 3.85. The van der Waals surface area contributed by atoms with Crippen molar-refractivity contribution in [1.82, 2.24) is 0 Å². The summed E-state index contributed by atoms with van der Waals surface area (Å²) in [6.07, 6.45) is 0.891. The second-order valence-electron chi connectivity index (χ2n) is 2.69. The van der Waals surface area contributed by atoms with Gasteiger partial charge in [-0.25, -0.2) is 0 Å². The molecular weight excluding hydrogens is 187 g/mol. The molecule has 13 heavy (non-hydrogen) atoms. The van der Waals surface area contributed by atoms with Gasteiger partial charge in [-0.3, -0.25) is 4.79 Å². The average molecular weight is 195 g/mol. The molecular formula is C11H8KO. The Labute approximate surface area is 120 Å². The van der Waals surface area contributed by atoms with Crippen LogP contribution in [0.25, 0.3) is 10.8 Å². The van der Waals surface area contributed by atoms with Crippen LogP contribution in [0.3, 0.4) is 0 Å². The molecule has 0 aromatic heterocycles. The van der Waals surface area contributed by atoms with E-state index >= 15 is 0 Å². The van der Waals surface area contributed by atoms with Crippen LogP contribution >= 0.6 is 0 Å². The van der Waals surface area contributed by atoms with E-state index in [-0.39, 0.29) is 51.4 Å². The molecule has 0 amide bonds. The molecule has 0 aliphatic carbocycles. The molecule has 0 saturated heterocycles. The molecule has 0 unspecified atom stereocenters. The molecule has 0 bridgehead atoms. The quantitative estimate of drug-likeness (QED) is 0.504. The van der Waals surface area contributed by atoms with Crippen molar-refractivity contribution in [2.24, 2.45) is 0 Å². The van der Waals surface area contributed by atoms with Crippen molar-refractivity contribution in [1.29, 1.82) is 0 Å². The van der Waals surface area contributed by atoms with Gasteiger partial charge in [-0.1, -0.05) is 42.5 Å². The van der Waals surface area contributed by atoms with Crippen molar-refractivity contribution in [2.45, 2.75) is 0 Å². The summed E-state index contributed by atoms with van der Waals surface area (Å²) in [4.78, 5) is 10.6. The Hall–Kier alpha value is 0.00636. The van der Waals surface area contributed by atoms with E-state index in [0.717, 1.165) is 22.6 Å². The summed E-state index contributed by atoms with van der Waals surface area (Å²) in [7, 11) is 0. The number of hydrogen-bond donors (Lipinski definition) is 0. The van der Waals surface area contributed by atoms with Gasteiger partial charge in [0, 0.05) is 56.9 Å². The summed E-state index contributed by atoms with van der Waals surface area (Å²) in [6, 6.07) is 13.6. The number of rotatable bonds is 1. The molecule has 1 nitrogen and oxygen atoms in total. The Morgan fingerprint density at radius 3 is 2.38 bits per heavy atom. The number of aldehydes is 1. The Balaban J connectivity index is 0.000000845. The predicted octanol–water partition coefficient (Wildman–Crippen LogP) is 2.27. The van der Waals surface area contributed by atoms with Crippen molar-refractivity contribution >= 4 is 68.4 Å². The third kappa shape index (κ3) is 2.27. The van der Waals surface area contributed by atoms with Crippen molar-refractivity contribution in [3.8, 4) is 0 Å². The smallest absolute Gasteiger partial charge is 0.150 e. The van der Waals surface area contributed by atoms with E-state index < -0.39 is 0 Å². The van der Waals surface area contributed by atoms with Gasteiger partial charge in [0.2, 0.25) is 0 Å². The van der Waals surface area contributed by atoms with Crippen molar-refractivity contribution < 1.29 is 4.79 Å². The van der Waals surface area contributed by atoms with E-state index in [1.165, 1.54) is 0 Å². The summed E-state index contributed by atoms with van der Waals surface area (Å²) in [6.45, 7) is 0. The van der Waals surface area contributed by atoms with Crippen LogP contribution in [-0.2, 0) is 0 Å². The maximum atomic E-state index is 10.6. The third-order valence-electron chi connectivity index (χ3n) is 1.95. The van der Waals surface area contributed by atoms with Crippen LogP contribution in [0.15, 0.2) is 42.5 Å². The van der Waals surface area contributed by atoms with Gasteiger partial charge in [-0.15, -0.1) is 0 Å². The molecule has 2 aromatic rings. The van der Waals surface area contributed by atoms with Crippen molar-refractivity contribution in [3.05, 3.63) is 48.0 Å². The van der Waals surface area contributed by atoms with E-state index in [9.17, 15) is 4.79 Å². The molecule has 0 saturated carbocycles. The summed E-state index contributed by atoms with van der Waals surface area (Å²) >= 11 is 0. The van der Waals surface area contributed by atoms with E-state index in [1.54, 1.807) is 0 Å². The largest absolute Gasteiger partial charge is 0.298 e. The zero-order valence-corrected chi connectivity index (χ0v) is 10.7. The van der Waals surface area contributed by atoms with E-state index in [1.807, 2.05) is 42.5 Å². The Morgan fingerprint density at radius 2 is 1.62 bits per heavy atom. The SMILES string of the molecule is O=Cc1cccc2ccccc12.[K]. The molecule has 2 rings (SSSR count). The van der Waals surface area contributed by atoms with Gasteiger partial charge in [0.15, 0.2) is 6.29 Å². The van der Waals surface area contributed by atoms with Gasteiger partial charge in [-0.05, 0) is 10.8 Å². The standard InChI is InChI=1S/C11H8O.K/c12-8-10-6-3-5-9-4-1-2-7-11(9)10;/h1-8H;. The molecule has 0 atom stereocenters. The zero-order valence-electron chi connectivity index (χ0n) is 7.53. The van der Waals surface area contributed by atoms with E-state index in [4.69, 9.17) is 0 Å². The Morgan fingerprint density at radius 1 is 0.923 bits per heavy atom. The maximum Gasteiger partial charge on any atom is 0.150 e. The molecule has 59 valence electrons. The van der Waals surface area contributed by atoms with Gasteiger partial charge < -0.3 is 0 Å². The first-order valence-electron chi connectivity index (χ1n) is 3.85. The van der Waals surface area contributed by atoms with Crippen LogP contribution in [0.2, 0.25) is 0 Å². The topological polar surface area (TPSA) is 17.1 Å².